The lowest BCUT2D eigenvalue weighted by atomic mass is 10.1. The van der Waals surface area contributed by atoms with Gasteiger partial charge in [-0.2, -0.15) is 5.10 Å². The monoisotopic (exact) mass is 289 g/mol. The Morgan fingerprint density at radius 1 is 0.773 bits per heavy atom. The molecule has 0 fully saturated rings. The molecule has 4 heteroatoms. The summed E-state index contributed by atoms with van der Waals surface area (Å²) in [4.78, 5) is 4.52. The summed E-state index contributed by atoms with van der Waals surface area (Å²) in [5.74, 6) is -0.250. The van der Waals surface area contributed by atoms with Gasteiger partial charge in [0.05, 0.1) is 6.20 Å². The van der Waals surface area contributed by atoms with Gasteiger partial charge < -0.3 is 0 Å². The number of benzene rings is 2. The van der Waals surface area contributed by atoms with Gasteiger partial charge in [-0.15, -0.1) is 0 Å². The van der Waals surface area contributed by atoms with Crippen LogP contribution in [-0.2, 0) is 0 Å². The van der Waals surface area contributed by atoms with E-state index in [1.165, 1.54) is 12.1 Å². The lowest BCUT2D eigenvalue weighted by molar-refractivity contribution is 0.628. The van der Waals surface area contributed by atoms with Crippen molar-refractivity contribution in [2.45, 2.75) is 0 Å². The van der Waals surface area contributed by atoms with Crippen LogP contribution in [0.15, 0.2) is 73.2 Å². The third kappa shape index (κ3) is 2.15. The van der Waals surface area contributed by atoms with Gasteiger partial charge >= 0.3 is 0 Å². The standard InChI is InChI=1S/C18H12FN3/c19-16-8-6-14(7-9-16)17-11-21-22-12-15(10-20-18(17)22)13-4-2-1-3-5-13/h1-12H. The maximum atomic E-state index is 13.0. The van der Waals surface area contributed by atoms with Gasteiger partial charge in [0.15, 0.2) is 5.65 Å². The molecule has 0 radical (unpaired) electrons. The highest BCUT2D eigenvalue weighted by atomic mass is 19.1. The Bertz CT molecular complexity index is 928. The van der Waals surface area contributed by atoms with E-state index in [4.69, 9.17) is 0 Å². The summed E-state index contributed by atoms with van der Waals surface area (Å²) in [6.45, 7) is 0. The number of rotatable bonds is 2. The SMILES string of the molecule is Fc1ccc(-c2cnn3cc(-c4ccccc4)cnc23)cc1. The van der Waals surface area contributed by atoms with E-state index >= 15 is 0 Å². The zero-order chi connectivity index (χ0) is 14.9. The molecule has 0 N–H and O–H groups in total. The molecule has 3 nitrogen and oxygen atoms in total. The van der Waals surface area contributed by atoms with E-state index in [1.54, 1.807) is 22.8 Å². The molecule has 0 aliphatic heterocycles. The number of aromatic nitrogens is 3. The van der Waals surface area contributed by atoms with Gasteiger partial charge in [-0.3, -0.25) is 0 Å². The van der Waals surface area contributed by atoms with Gasteiger partial charge in [0.25, 0.3) is 0 Å². The molecular formula is C18H12FN3. The molecule has 0 bridgehead atoms. The molecule has 106 valence electrons. The van der Waals surface area contributed by atoms with Crippen LogP contribution >= 0.6 is 0 Å². The van der Waals surface area contributed by atoms with Gasteiger partial charge in [-0.25, -0.2) is 13.9 Å². The van der Waals surface area contributed by atoms with Crippen LogP contribution in [0.1, 0.15) is 0 Å². The van der Waals surface area contributed by atoms with Crippen LogP contribution in [0.3, 0.4) is 0 Å². The molecule has 0 aliphatic rings. The smallest absolute Gasteiger partial charge is 0.162 e. The van der Waals surface area contributed by atoms with Crippen molar-refractivity contribution in [3.8, 4) is 22.3 Å². The fraction of sp³-hybridized carbons (Fsp3) is 0. The van der Waals surface area contributed by atoms with Crippen LogP contribution in [0.5, 0.6) is 0 Å². The van der Waals surface area contributed by atoms with Crippen LogP contribution < -0.4 is 0 Å². The summed E-state index contributed by atoms with van der Waals surface area (Å²) >= 11 is 0. The lowest BCUT2D eigenvalue weighted by Gasteiger charge is -2.03. The molecule has 0 aliphatic carbocycles. The molecule has 0 spiro atoms. The van der Waals surface area contributed by atoms with E-state index in [2.05, 4.69) is 10.1 Å². The maximum Gasteiger partial charge on any atom is 0.162 e. The fourth-order valence-corrected chi connectivity index (χ4v) is 2.49. The minimum Gasteiger partial charge on any atom is -0.236 e. The Morgan fingerprint density at radius 3 is 2.32 bits per heavy atom. The largest absolute Gasteiger partial charge is 0.236 e. The first-order valence-electron chi connectivity index (χ1n) is 6.96. The lowest BCUT2D eigenvalue weighted by Crippen LogP contribution is -1.92. The molecule has 0 unspecified atom stereocenters. The first kappa shape index (κ1) is 12.7. The third-order valence-electron chi connectivity index (χ3n) is 3.62. The summed E-state index contributed by atoms with van der Waals surface area (Å²) in [5, 5.41) is 4.36. The molecule has 4 aromatic rings. The molecule has 0 atom stereocenters. The number of hydrogen-bond donors (Lipinski definition) is 0. The zero-order valence-electron chi connectivity index (χ0n) is 11.6. The molecular weight excluding hydrogens is 277 g/mol. The van der Waals surface area contributed by atoms with Crippen molar-refractivity contribution in [3.05, 3.63) is 79.0 Å². The highest BCUT2D eigenvalue weighted by Gasteiger charge is 2.09. The Balaban J connectivity index is 1.82. The van der Waals surface area contributed by atoms with Crippen molar-refractivity contribution in [1.82, 2.24) is 14.6 Å². The number of halogens is 1. The van der Waals surface area contributed by atoms with Gasteiger partial charge in [0.2, 0.25) is 0 Å². The van der Waals surface area contributed by atoms with Crippen LogP contribution in [0.25, 0.3) is 27.9 Å². The average Bonchev–Trinajstić information content (AvgIpc) is 2.99. The first-order valence-corrected chi connectivity index (χ1v) is 6.96. The summed E-state index contributed by atoms with van der Waals surface area (Å²) < 4.78 is 14.8. The maximum absolute atomic E-state index is 13.0. The normalized spacial score (nSPS) is 11.0. The number of hydrogen-bond acceptors (Lipinski definition) is 2. The second-order valence-corrected chi connectivity index (χ2v) is 5.04. The van der Waals surface area contributed by atoms with E-state index in [-0.39, 0.29) is 5.82 Å². The molecule has 22 heavy (non-hydrogen) atoms. The van der Waals surface area contributed by atoms with Crippen LogP contribution in [-0.4, -0.2) is 14.6 Å². The van der Waals surface area contributed by atoms with E-state index in [9.17, 15) is 4.39 Å². The second-order valence-electron chi connectivity index (χ2n) is 5.04. The van der Waals surface area contributed by atoms with Crippen LogP contribution in [0, 0.1) is 5.82 Å². The topological polar surface area (TPSA) is 30.2 Å². The van der Waals surface area contributed by atoms with E-state index < -0.39 is 0 Å². The highest BCUT2D eigenvalue weighted by molar-refractivity contribution is 5.77. The minimum atomic E-state index is -0.250. The Labute approximate surface area is 126 Å². The number of nitrogens with zero attached hydrogens (tertiary/aromatic N) is 3. The van der Waals surface area contributed by atoms with Crippen LogP contribution in [0.4, 0.5) is 4.39 Å². The summed E-state index contributed by atoms with van der Waals surface area (Å²) in [6, 6.07) is 16.4. The third-order valence-corrected chi connectivity index (χ3v) is 3.62. The van der Waals surface area contributed by atoms with E-state index in [0.29, 0.717) is 0 Å². The van der Waals surface area contributed by atoms with Crippen molar-refractivity contribution in [1.29, 1.82) is 0 Å². The minimum absolute atomic E-state index is 0.250. The predicted molar refractivity (Wildman–Crippen MR) is 83.8 cm³/mol. The Kier molecular flexibility index (Phi) is 2.93. The van der Waals surface area contributed by atoms with E-state index in [0.717, 1.165) is 27.9 Å². The molecule has 0 saturated carbocycles. The average molecular weight is 289 g/mol. The Hall–Kier alpha value is -3.01. The quantitative estimate of drug-likeness (QED) is 0.553. The van der Waals surface area contributed by atoms with Gasteiger partial charge in [-0.1, -0.05) is 42.5 Å². The molecule has 0 amide bonds. The van der Waals surface area contributed by atoms with Crippen LogP contribution in [0.2, 0.25) is 0 Å². The van der Waals surface area contributed by atoms with Crippen molar-refractivity contribution < 1.29 is 4.39 Å². The second kappa shape index (κ2) is 5.07. The van der Waals surface area contributed by atoms with Gasteiger partial charge in [0, 0.05) is 23.5 Å². The molecule has 0 saturated heterocycles. The molecule has 2 aromatic heterocycles. The first-order chi connectivity index (χ1) is 10.8. The Morgan fingerprint density at radius 2 is 1.55 bits per heavy atom. The number of fused-ring (bicyclic) bond motifs is 1. The van der Waals surface area contributed by atoms with Crippen molar-refractivity contribution >= 4 is 5.65 Å². The summed E-state index contributed by atoms with van der Waals surface area (Å²) in [6.07, 6.45) is 5.54. The zero-order valence-corrected chi connectivity index (χ0v) is 11.6. The van der Waals surface area contributed by atoms with Crippen molar-refractivity contribution in [3.63, 3.8) is 0 Å². The van der Waals surface area contributed by atoms with Gasteiger partial charge in [0.1, 0.15) is 5.82 Å². The summed E-state index contributed by atoms with van der Waals surface area (Å²) in [5.41, 5.74) is 4.64. The highest BCUT2D eigenvalue weighted by Crippen LogP contribution is 2.25. The molecule has 4 rings (SSSR count). The summed E-state index contributed by atoms with van der Waals surface area (Å²) in [7, 11) is 0. The molecule has 2 heterocycles. The fourth-order valence-electron chi connectivity index (χ4n) is 2.49. The van der Waals surface area contributed by atoms with E-state index in [1.807, 2.05) is 42.7 Å². The van der Waals surface area contributed by atoms with Crippen molar-refractivity contribution in [2.75, 3.05) is 0 Å². The van der Waals surface area contributed by atoms with Crippen molar-refractivity contribution in [2.24, 2.45) is 0 Å². The predicted octanol–water partition coefficient (Wildman–Crippen LogP) is 4.20. The molecule has 2 aromatic carbocycles. The van der Waals surface area contributed by atoms with Gasteiger partial charge in [-0.05, 0) is 23.3 Å².